The zero-order valence-corrected chi connectivity index (χ0v) is 18.9. The summed E-state index contributed by atoms with van der Waals surface area (Å²) < 4.78 is 24.1. The van der Waals surface area contributed by atoms with Gasteiger partial charge in [-0.1, -0.05) is 6.92 Å². The molecular weight excluding hydrogens is 419 g/mol. The van der Waals surface area contributed by atoms with Crippen LogP contribution in [0, 0.1) is 5.82 Å². The molecule has 0 radical (unpaired) electrons. The molecule has 0 aliphatic carbocycles. The lowest BCUT2D eigenvalue weighted by atomic mass is 10.0. The van der Waals surface area contributed by atoms with E-state index in [1.54, 1.807) is 30.6 Å². The standard InChI is InChI=1S/C23H31FN2O4S/c1-3-10-25(13-18(27)15-29-2)14-23(28)26-11-8-22-20(9-12-31-22)21(26)16-30-19-6-4-17(24)5-7-19/h4-7,9,12,18,21,27H,3,8,10-11,13-16H2,1-2H3/t18-,21-/m0/s1. The van der Waals surface area contributed by atoms with Gasteiger partial charge in [-0.25, -0.2) is 4.39 Å². The molecule has 170 valence electrons. The lowest BCUT2D eigenvalue weighted by Crippen LogP contribution is -2.48. The fraction of sp³-hybridized carbons (Fsp3) is 0.522. The number of aliphatic hydroxyl groups excluding tert-OH is 1. The van der Waals surface area contributed by atoms with Crippen molar-refractivity contribution in [1.29, 1.82) is 0 Å². The highest BCUT2D eigenvalue weighted by atomic mass is 32.1. The summed E-state index contributed by atoms with van der Waals surface area (Å²) in [6.45, 7) is 4.58. The van der Waals surface area contributed by atoms with Crippen LogP contribution in [-0.4, -0.2) is 73.4 Å². The Morgan fingerprint density at radius 2 is 2.13 bits per heavy atom. The van der Waals surface area contributed by atoms with Crippen LogP contribution < -0.4 is 4.74 Å². The van der Waals surface area contributed by atoms with E-state index in [0.29, 0.717) is 25.4 Å². The molecule has 0 fully saturated rings. The maximum Gasteiger partial charge on any atom is 0.237 e. The van der Waals surface area contributed by atoms with Gasteiger partial charge in [0.1, 0.15) is 18.2 Å². The quantitative estimate of drug-likeness (QED) is 0.570. The maximum atomic E-state index is 13.3. The number of aliphatic hydroxyl groups is 1. The number of hydrogen-bond donors (Lipinski definition) is 1. The van der Waals surface area contributed by atoms with Crippen LogP contribution in [0.3, 0.4) is 0 Å². The summed E-state index contributed by atoms with van der Waals surface area (Å²) in [4.78, 5) is 18.4. The number of benzene rings is 1. The van der Waals surface area contributed by atoms with E-state index in [2.05, 4.69) is 13.0 Å². The van der Waals surface area contributed by atoms with Gasteiger partial charge in [0.15, 0.2) is 0 Å². The third-order valence-electron chi connectivity index (χ3n) is 5.36. The molecule has 0 bridgehead atoms. The molecule has 1 aromatic heterocycles. The van der Waals surface area contributed by atoms with Gasteiger partial charge in [-0.3, -0.25) is 9.69 Å². The van der Waals surface area contributed by atoms with Crippen molar-refractivity contribution in [3.63, 3.8) is 0 Å². The van der Waals surface area contributed by atoms with Gasteiger partial charge in [0, 0.05) is 25.1 Å². The first-order chi connectivity index (χ1) is 15.0. The lowest BCUT2D eigenvalue weighted by Gasteiger charge is -2.37. The molecule has 3 rings (SSSR count). The van der Waals surface area contributed by atoms with E-state index in [4.69, 9.17) is 9.47 Å². The lowest BCUT2D eigenvalue weighted by molar-refractivity contribution is -0.136. The number of thiophene rings is 1. The maximum absolute atomic E-state index is 13.3. The number of carbonyl (C=O) groups excluding carboxylic acids is 1. The molecule has 2 atom stereocenters. The number of ether oxygens (including phenoxy) is 2. The minimum Gasteiger partial charge on any atom is -0.491 e. The zero-order chi connectivity index (χ0) is 22.2. The summed E-state index contributed by atoms with van der Waals surface area (Å²) in [6.07, 6.45) is 1.08. The van der Waals surface area contributed by atoms with Crippen LogP contribution in [-0.2, 0) is 16.0 Å². The van der Waals surface area contributed by atoms with Gasteiger partial charge in [0.25, 0.3) is 0 Å². The highest BCUT2D eigenvalue weighted by Gasteiger charge is 2.33. The Balaban J connectivity index is 1.70. The molecule has 1 aliphatic rings. The van der Waals surface area contributed by atoms with Gasteiger partial charge in [-0.2, -0.15) is 0 Å². The predicted molar refractivity (Wildman–Crippen MR) is 119 cm³/mol. The molecule has 0 saturated carbocycles. The zero-order valence-electron chi connectivity index (χ0n) is 18.1. The van der Waals surface area contributed by atoms with Crippen molar-refractivity contribution in [3.05, 3.63) is 52.0 Å². The van der Waals surface area contributed by atoms with Crippen LogP contribution >= 0.6 is 11.3 Å². The predicted octanol–water partition coefficient (Wildman–Crippen LogP) is 3.11. The van der Waals surface area contributed by atoms with E-state index in [1.807, 2.05) is 15.2 Å². The Morgan fingerprint density at radius 3 is 2.84 bits per heavy atom. The van der Waals surface area contributed by atoms with Gasteiger partial charge in [0.2, 0.25) is 5.91 Å². The first-order valence-electron chi connectivity index (χ1n) is 10.6. The molecule has 2 heterocycles. The number of nitrogens with zero attached hydrogens (tertiary/aromatic N) is 2. The molecule has 8 heteroatoms. The van der Waals surface area contributed by atoms with Crippen molar-refractivity contribution in [1.82, 2.24) is 9.80 Å². The van der Waals surface area contributed by atoms with Crippen LogP contribution in [0.2, 0.25) is 0 Å². The summed E-state index contributed by atoms with van der Waals surface area (Å²) in [5.74, 6) is 0.280. The fourth-order valence-corrected chi connectivity index (χ4v) is 4.89. The molecule has 1 N–H and O–H groups in total. The average Bonchev–Trinajstić information content (AvgIpc) is 3.22. The number of methoxy groups -OCH3 is 1. The van der Waals surface area contributed by atoms with Gasteiger partial charge >= 0.3 is 0 Å². The topological polar surface area (TPSA) is 62.2 Å². The first-order valence-corrected chi connectivity index (χ1v) is 11.5. The first kappa shape index (κ1) is 23.7. The van der Waals surface area contributed by atoms with Crippen LogP contribution in [0.25, 0.3) is 0 Å². The summed E-state index contributed by atoms with van der Waals surface area (Å²) in [6, 6.07) is 7.79. The normalized spacial score (nSPS) is 16.9. The Kier molecular flexibility index (Phi) is 8.83. The van der Waals surface area contributed by atoms with Gasteiger partial charge in [-0.05, 0) is 60.7 Å². The third kappa shape index (κ3) is 6.49. The summed E-state index contributed by atoms with van der Waals surface area (Å²) in [5, 5.41) is 12.2. The summed E-state index contributed by atoms with van der Waals surface area (Å²) in [7, 11) is 1.55. The Labute approximate surface area is 187 Å². The number of amides is 1. The molecule has 6 nitrogen and oxygen atoms in total. The van der Waals surface area contributed by atoms with Gasteiger partial charge in [0.05, 0.1) is 25.3 Å². The smallest absolute Gasteiger partial charge is 0.237 e. The summed E-state index contributed by atoms with van der Waals surface area (Å²) in [5.41, 5.74) is 1.12. The van der Waals surface area contributed by atoms with Crippen molar-refractivity contribution in [2.24, 2.45) is 0 Å². The monoisotopic (exact) mass is 450 g/mol. The number of carbonyl (C=O) groups is 1. The van der Waals surface area contributed by atoms with Crippen LogP contribution in [0.4, 0.5) is 4.39 Å². The van der Waals surface area contributed by atoms with Crippen molar-refractivity contribution < 1.29 is 23.8 Å². The molecule has 1 aromatic carbocycles. The minimum absolute atomic E-state index is 0.0163. The number of hydrogen-bond acceptors (Lipinski definition) is 6. The van der Waals surface area contributed by atoms with E-state index < -0.39 is 6.10 Å². The van der Waals surface area contributed by atoms with Crippen LogP contribution in [0.1, 0.15) is 29.8 Å². The molecular formula is C23H31FN2O4S. The largest absolute Gasteiger partial charge is 0.491 e. The third-order valence-corrected chi connectivity index (χ3v) is 6.36. The Morgan fingerprint density at radius 1 is 1.35 bits per heavy atom. The van der Waals surface area contributed by atoms with E-state index >= 15 is 0 Å². The molecule has 0 saturated heterocycles. The SMILES string of the molecule is CCCN(CC(=O)N1CCc2sccc2[C@@H]1COc1ccc(F)cc1)C[C@H](O)COC. The Hall–Kier alpha value is -2.00. The van der Waals surface area contributed by atoms with Crippen molar-refractivity contribution >= 4 is 17.2 Å². The fourth-order valence-electron chi connectivity index (χ4n) is 3.96. The van der Waals surface area contributed by atoms with Crippen molar-refractivity contribution in [2.45, 2.75) is 31.9 Å². The second kappa shape index (κ2) is 11.6. The number of halogens is 1. The van der Waals surface area contributed by atoms with E-state index in [9.17, 15) is 14.3 Å². The van der Waals surface area contributed by atoms with E-state index in [1.165, 1.54) is 17.0 Å². The molecule has 1 aliphatic heterocycles. The average molecular weight is 451 g/mol. The van der Waals surface area contributed by atoms with E-state index in [-0.39, 0.29) is 30.9 Å². The molecule has 2 aromatic rings. The minimum atomic E-state index is -0.633. The Bertz CT molecular complexity index is 829. The van der Waals surface area contributed by atoms with E-state index in [0.717, 1.165) is 24.9 Å². The second-order valence-corrected chi connectivity index (χ2v) is 8.76. The van der Waals surface area contributed by atoms with Crippen LogP contribution in [0.15, 0.2) is 35.7 Å². The van der Waals surface area contributed by atoms with Gasteiger partial charge < -0.3 is 19.5 Å². The number of rotatable bonds is 11. The summed E-state index contributed by atoms with van der Waals surface area (Å²) >= 11 is 1.70. The highest BCUT2D eigenvalue weighted by Crippen LogP contribution is 2.34. The number of fused-ring (bicyclic) bond motifs is 1. The van der Waals surface area contributed by atoms with Gasteiger partial charge in [-0.15, -0.1) is 11.3 Å². The van der Waals surface area contributed by atoms with Crippen LogP contribution in [0.5, 0.6) is 5.75 Å². The van der Waals surface area contributed by atoms with Crippen molar-refractivity contribution in [3.8, 4) is 5.75 Å². The molecule has 0 spiro atoms. The molecule has 0 unspecified atom stereocenters. The van der Waals surface area contributed by atoms with Crippen molar-refractivity contribution in [2.75, 3.05) is 46.5 Å². The second-order valence-electron chi connectivity index (χ2n) is 7.76. The molecule has 1 amide bonds. The molecule has 31 heavy (non-hydrogen) atoms. The highest BCUT2D eigenvalue weighted by molar-refractivity contribution is 7.10.